The minimum atomic E-state index is -4.47. The first-order chi connectivity index (χ1) is 27.9. The second-order valence-electron chi connectivity index (χ2n) is 13.3. The van der Waals surface area contributed by atoms with Crippen LogP contribution in [0.1, 0.15) is 93.5 Å². The number of hydrogen-bond donors (Lipinski definition) is 1. The predicted octanol–water partition coefficient (Wildman–Crippen LogP) is 9.05. The van der Waals surface area contributed by atoms with Crippen LogP contribution < -0.4 is 5.32 Å². The number of hydrogen-bond acceptors (Lipinski definition) is 11. The summed E-state index contributed by atoms with van der Waals surface area (Å²) in [6.45, 7) is 9.83. The lowest BCUT2D eigenvalue weighted by Gasteiger charge is -2.13. The third-order valence-corrected chi connectivity index (χ3v) is 8.57. The van der Waals surface area contributed by atoms with E-state index in [1.165, 1.54) is 82.4 Å². The standard InChI is InChI=1S/C43H68F3NO10/c1-2-3-4-5-6-7-8-9-10-11-14-20-49-21-22-50-23-24-51-25-26-52-27-28-53-29-30-54-31-32-55-33-34-56-35-36-57-42(48)40-18-12-13-19-41(40)47-39-17-15-16-38(37-39)43(44,45)46/h12-13,15-19,37,47H,2-11,14,20-36H2,1H3. The summed E-state index contributed by atoms with van der Waals surface area (Å²) in [5.74, 6) is -0.623. The van der Waals surface area contributed by atoms with E-state index >= 15 is 0 Å². The number of nitrogens with one attached hydrogen (secondary N) is 1. The zero-order valence-corrected chi connectivity index (χ0v) is 34.1. The van der Waals surface area contributed by atoms with Gasteiger partial charge in [-0.1, -0.05) is 89.3 Å². The van der Waals surface area contributed by atoms with E-state index in [9.17, 15) is 18.0 Å². The molecule has 0 bridgehead atoms. The number of anilines is 2. The highest BCUT2D eigenvalue weighted by Crippen LogP contribution is 2.32. The molecular formula is C43H68F3NO10. The number of para-hydroxylation sites is 1. The highest BCUT2D eigenvalue weighted by atomic mass is 19.4. The Labute approximate surface area is 338 Å². The minimum Gasteiger partial charge on any atom is -0.460 e. The van der Waals surface area contributed by atoms with Crippen LogP contribution in [0.15, 0.2) is 48.5 Å². The van der Waals surface area contributed by atoms with Gasteiger partial charge in [0.05, 0.1) is 116 Å². The number of carbonyl (C=O) groups excluding carboxylic acids is 1. The van der Waals surface area contributed by atoms with Crippen LogP contribution >= 0.6 is 0 Å². The Morgan fingerprint density at radius 3 is 1.35 bits per heavy atom. The molecule has 0 heterocycles. The number of unbranched alkanes of at least 4 members (excludes halogenated alkanes) is 10. The summed E-state index contributed by atoms with van der Waals surface area (Å²) in [5.41, 5.74) is -0.0723. The van der Waals surface area contributed by atoms with Gasteiger partial charge in [0.25, 0.3) is 0 Å². The average Bonchev–Trinajstić information content (AvgIpc) is 3.20. The molecule has 0 aliphatic carbocycles. The van der Waals surface area contributed by atoms with Crippen LogP contribution in [-0.4, -0.2) is 118 Å². The van der Waals surface area contributed by atoms with E-state index in [0.29, 0.717) is 98.2 Å². The van der Waals surface area contributed by atoms with Crippen molar-refractivity contribution in [1.82, 2.24) is 0 Å². The van der Waals surface area contributed by atoms with Gasteiger partial charge in [-0.25, -0.2) is 4.79 Å². The molecule has 0 saturated carbocycles. The van der Waals surface area contributed by atoms with Crippen LogP contribution in [0.4, 0.5) is 24.5 Å². The first kappa shape index (κ1) is 50.3. The molecule has 0 fully saturated rings. The SMILES string of the molecule is CCCCCCCCCCCCCOCCOCCOCCOCCOCCOCCOCCOCCOC(=O)c1ccccc1Nc1cccc(C(F)(F)F)c1. The smallest absolute Gasteiger partial charge is 0.416 e. The van der Waals surface area contributed by atoms with Crippen molar-refractivity contribution in [3.8, 4) is 0 Å². The van der Waals surface area contributed by atoms with Gasteiger partial charge in [-0.2, -0.15) is 13.2 Å². The van der Waals surface area contributed by atoms with E-state index in [2.05, 4.69) is 12.2 Å². The Hall–Kier alpha value is -2.82. The zero-order chi connectivity index (χ0) is 40.9. The van der Waals surface area contributed by atoms with Crippen molar-refractivity contribution in [3.05, 3.63) is 59.7 Å². The highest BCUT2D eigenvalue weighted by Gasteiger charge is 2.30. The molecule has 0 unspecified atom stereocenters. The van der Waals surface area contributed by atoms with Gasteiger partial charge in [0, 0.05) is 12.3 Å². The molecule has 0 aromatic heterocycles. The fourth-order valence-electron chi connectivity index (χ4n) is 5.48. The van der Waals surface area contributed by atoms with E-state index in [1.54, 1.807) is 18.2 Å². The molecule has 14 heteroatoms. The zero-order valence-electron chi connectivity index (χ0n) is 34.1. The third-order valence-electron chi connectivity index (χ3n) is 8.57. The van der Waals surface area contributed by atoms with Gasteiger partial charge < -0.3 is 47.9 Å². The maximum absolute atomic E-state index is 13.1. The minimum absolute atomic E-state index is 0.00418. The average molecular weight is 816 g/mol. The van der Waals surface area contributed by atoms with Gasteiger partial charge in [0.1, 0.15) is 6.61 Å². The third kappa shape index (κ3) is 28.3. The van der Waals surface area contributed by atoms with Crippen molar-refractivity contribution in [2.45, 2.75) is 83.7 Å². The largest absolute Gasteiger partial charge is 0.460 e. The van der Waals surface area contributed by atoms with Gasteiger partial charge in [-0.3, -0.25) is 0 Å². The van der Waals surface area contributed by atoms with Crippen molar-refractivity contribution in [2.75, 3.05) is 118 Å². The fourth-order valence-corrected chi connectivity index (χ4v) is 5.48. The second kappa shape index (κ2) is 35.2. The Morgan fingerprint density at radius 2 is 0.895 bits per heavy atom. The Kier molecular flexibility index (Phi) is 31.0. The van der Waals surface area contributed by atoms with Crippen LogP contribution in [0.25, 0.3) is 0 Å². The lowest BCUT2D eigenvalue weighted by atomic mass is 10.1. The summed E-state index contributed by atoms with van der Waals surface area (Å²) in [6, 6.07) is 11.2. The summed E-state index contributed by atoms with van der Waals surface area (Å²) in [4.78, 5) is 12.6. The number of ether oxygens (including phenoxy) is 9. The second-order valence-corrected chi connectivity index (χ2v) is 13.3. The van der Waals surface area contributed by atoms with Crippen LogP contribution in [0.3, 0.4) is 0 Å². The summed E-state index contributed by atoms with van der Waals surface area (Å²) < 4.78 is 88.6. The van der Waals surface area contributed by atoms with E-state index < -0.39 is 17.7 Å². The molecule has 2 rings (SSSR count). The van der Waals surface area contributed by atoms with Crippen LogP contribution in [0.5, 0.6) is 0 Å². The van der Waals surface area contributed by atoms with Crippen LogP contribution in [-0.2, 0) is 48.8 Å². The van der Waals surface area contributed by atoms with Crippen molar-refractivity contribution in [1.29, 1.82) is 0 Å². The lowest BCUT2D eigenvalue weighted by Crippen LogP contribution is -2.16. The van der Waals surface area contributed by atoms with E-state index in [-0.39, 0.29) is 24.5 Å². The Balaban J connectivity index is 1.26. The molecular weight excluding hydrogens is 747 g/mol. The van der Waals surface area contributed by atoms with E-state index in [4.69, 9.17) is 42.6 Å². The van der Waals surface area contributed by atoms with Crippen molar-refractivity contribution < 1.29 is 60.6 Å². The van der Waals surface area contributed by atoms with Crippen molar-refractivity contribution >= 4 is 17.3 Å². The summed E-state index contributed by atoms with van der Waals surface area (Å²) >= 11 is 0. The number of halogens is 3. The van der Waals surface area contributed by atoms with Crippen LogP contribution in [0.2, 0.25) is 0 Å². The molecule has 2 aromatic rings. The van der Waals surface area contributed by atoms with Gasteiger partial charge >= 0.3 is 12.1 Å². The first-order valence-corrected chi connectivity index (χ1v) is 20.7. The van der Waals surface area contributed by atoms with Gasteiger partial charge in [0.2, 0.25) is 0 Å². The Bertz CT molecular complexity index is 1240. The normalized spacial score (nSPS) is 11.6. The molecule has 11 nitrogen and oxygen atoms in total. The Morgan fingerprint density at radius 1 is 0.491 bits per heavy atom. The topological polar surface area (TPSA) is 112 Å². The molecule has 0 spiro atoms. The summed E-state index contributed by atoms with van der Waals surface area (Å²) in [7, 11) is 0. The van der Waals surface area contributed by atoms with E-state index in [1.807, 2.05) is 0 Å². The molecule has 57 heavy (non-hydrogen) atoms. The molecule has 2 aromatic carbocycles. The lowest BCUT2D eigenvalue weighted by molar-refractivity contribution is -0.137. The van der Waals surface area contributed by atoms with Gasteiger partial charge in [-0.15, -0.1) is 0 Å². The first-order valence-electron chi connectivity index (χ1n) is 20.7. The van der Waals surface area contributed by atoms with Gasteiger partial charge in [-0.05, 0) is 36.8 Å². The molecule has 0 amide bonds. The molecule has 326 valence electrons. The van der Waals surface area contributed by atoms with Crippen LogP contribution in [0, 0.1) is 0 Å². The number of rotatable bonds is 39. The molecule has 0 atom stereocenters. The summed E-state index contributed by atoms with van der Waals surface area (Å²) in [5, 5.41) is 2.86. The quantitative estimate of drug-likeness (QED) is 0.0516. The summed E-state index contributed by atoms with van der Waals surface area (Å²) in [6.07, 6.45) is 10.2. The van der Waals surface area contributed by atoms with Gasteiger partial charge in [0.15, 0.2) is 0 Å². The number of esters is 1. The van der Waals surface area contributed by atoms with Crippen molar-refractivity contribution in [3.63, 3.8) is 0 Å². The number of benzene rings is 2. The number of alkyl halides is 3. The predicted molar refractivity (Wildman–Crippen MR) is 214 cm³/mol. The number of carbonyl (C=O) groups is 1. The van der Waals surface area contributed by atoms with Crippen molar-refractivity contribution in [2.24, 2.45) is 0 Å². The fraction of sp³-hybridized carbons (Fsp3) is 0.698. The van der Waals surface area contributed by atoms with E-state index in [0.717, 1.165) is 25.2 Å². The maximum Gasteiger partial charge on any atom is 0.416 e. The monoisotopic (exact) mass is 815 g/mol. The highest BCUT2D eigenvalue weighted by molar-refractivity contribution is 5.96. The maximum atomic E-state index is 13.1. The molecule has 0 saturated heterocycles. The molecule has 1 N–H and O–H groups in total. The molecule has 0 radical (unpaired) electrons. The molecule has 0 aliphatic heterocycles. The molecule has 0 aliphatic rings.